The molecule has 0 unspecified atom stereocenters. The van der Waals surface area contributed by atoms with Crippen molar-refractivity contribution in [2.24, 2.45) is 5.41 Å². The van der Waals surface area contributed by atoms with Gasteiger partial charge >= 0.3 is 6.03 Å². The van der Waals surface area contributed by atoms with Crippen LogP contribution in [0.1, 0.15) is 37.8 Å². The van der Waals surface area contributed by atoms with Gasteiger partial charge in [-0.05, 0) is 19.8 Å². The molecule has 1 aliphatic heterocycles. The zero-order valence-electron chi connectivity index (χ0n) is 11.1. The van der Waals surface area contributed by atoms with E-state index in [1.54, 1.807) is 12.3 Å². The Kier molecular flexibility index (Phi) is 3.08. The van der Waals surface area contributed by atoms with Crippen LogP contribution >= 0.6 is 11.3 Å². The van der Waals surface area contributed by atoms with E-state index in [0.29, 0.717) is 18.0 Å². The summed E-state index contributed by atoms with van der Waals surface area (Å²) < 4.78 is 0. The SMILES string of the molecule is Cc1csc(N2C(=O)NC(=O)C3(CCCCC3)C2=O)n1. The van der Waals surface area contributed by atoms with Crippen molar-refractivity contribution in [1.82, 2.24) is 10.3 Å². The molecule has 0 atom stereocenters. The van der Waals surface area contributed by atoms with Gasteiger partial charge < -0.3 is 0 Å². The van der Waals surface area contributed by atoms with Crippen molar-refractivity contribution in [1.29, 1.82) is 0 Å². The Hall–Kier alpha value is -1.76. The zero-order valence-corrected chi connectivity index (χ0v) is 12.0. The van der Waals surface area contributed by atoms with Crippen molar-refractivity contribution in [2.45, 2.75) is 39.0 Å². The number of hydrogen-bond acceptors (Lipinski definition) is 5. The van der Waals surface area contributed by atoms with Gasteiger partial charge in [-0.3, -0.25) is 14.9 Å². The maximum absolute atomic E-state index is 12.7. The van der Waals surface area contributed by atoms with Crippen LogP contribution in [0, 0.1) is 12.3 Å². The van der Waals surface area contributed by atoms with Crippen LogP contribution in [-0.2, 0) is 9.59 Å². The molecule has 2 aliphatic rings. The lowest BCUT2D eigenvalue weighted by atomic mass is 9.71. The molecule has 1 saturated carbocycles. The second-order valence-electron chi connectivity index (χ2n) is 5.31. The number of imide groups is 2. The number of carbonyl (C=O) groups is 3. The van der Waals surface area contributed by atoms with Crippen molar-refractivity contribution < 1.29 is 14.4 Å². The van der Waals surface area contributed by atoms with E-state index in [1.807, 2.05) is 0 Å². The number of barbiturate groups is 1. The van der Waals surface area contributed by atoms with Crippen LogP contribution in [0.2, 0.25) is 0 Å². The summed E-state index contributed by atoms with van der Waals surface area (Å²) in [5.41, 5.74) is -0.327. The van der Waals surface area contributed by atoms with E-state index in [9.17, 15) is 14.4 Å². The van der Waals surface area contributed by atoms with Crippen molar-refractivity contribution in [2.75, 3.05) is 4.90 Å². The van der Waals surface area contributed by atoms with Gasteiger partial charge in [0.15, 0.2) is 0 Å². The minimum atomic E-state index is -1.08. The average molecular weight is 293 g/mol. The van der Waals surface area contributed by atoms with E-state index in [2.05, 4.69) is 10.3 Å². The molecule has 3 rings (SSSR count). The number of thiazole rings is 1. The summed E-state index contributed by atoms with van der Waals surface area (Å²) in [4.78, 5) is 42.1. The number of urea groups is 1. The van der Waals surface area contributed by atoms with Crippen LogP contribution in [0.15, 0.2) is 5.38 Å². The quantitative estimate of drug-likeness (QED) is 0.803. The molecule has 106 valence electrons. The summed E-state index contributed by atoms with van der Waals surface area (Å²) in [5.74, 6) is -0.864. The van der Waals surface area contributed by atoms with E-state index in [-0.39, 0.29) is 0 Å². The molecule has 1 saturated heterocycles. The highest BCUT2D eigenvalue weighted by atomic mass is 32.1. The van der Waals surface area contributed by atoms with Gasteiger partial charge in [0.1, 0.15) is 5.41 Å². The number of rotatable bonds is 1. The topological polar surface area (TPSA) is 79.4 Å². The number of nitrogens with one attached hydrogen (secondary N) is 1. The zero-order chi connectivity index (χ0) is 14.3. The molecule has 7 heteroatoms. The van der Waals surface area contributed by atoms with Gasteiger partial charge in [-0.2, -0.15) is 0 Å². The average Bonchev–Trinajstić information content (AvgIpc) is 2.84. The summed E-state index contributed by atoms with van der Waals surface area (Å²) >= 11 is 1.23. The number of anilines is 1. The Labute approximate surface area is 120 Å². The summed E-state index contributed by atoms with van der Waals surface area (Å²) in [6.45, 7) is 1.80. The Bertz CT molecular complexity index is 589. The van der Waals surface area contributed by atoms with E-state index in [1.165, 1.54) is 11.3 Å². The third kappa shape index (κ3) is 1.84. The largest absolute Gasteiger partial charge is 0.337 e. The molecule has 1 aromatic rings. The third-order valence-corrected chi connectivity index (χ3v) is 4.92. The van der Waals surface area contributed by atoms with Gasteiger partial charge in [-0.25, -0.2) is 14.7 Å². The fourth-order valence-corrected chi connectivity index (χ4v) is 3.69. The van der Waals surface area contributed by atoms with E-state index < -0.39 is 23.3 Å². The van der Waals surface area contributed by atoms with Crippen LogP contribution in [0.5, 0.6) is 0 Å². The predicted octanol–water partition coefficient (Wildman–Crippen LogP) is 1.98. The van der Waals surface area contributed by atoms with Gasteiger partial charge in [0.25, 0.3) is 5.91 Å². The van der Waals surface area contributed by atoms with Crippen LogP contribution in [0.4, 0.5) is 9.93 Å². The molecule has 6 nitrogen and oxygen atoms in total. The Morgan fingerprint density at radius 2 is 1.95 bits per heavy atom. The van der Waals surface area contributed by atoms with Crippen LogP contribution < -0.4 is 10.2 Å². The maximum atomic E-state index is 12.7. The first-order chi connectivity index (χ1) is 9.54. The second-order valence-corrected chi connectivity index (χ2v) is 6.15. The number of hydrogen-bond donors (Lipinski definition) is 1. The summed E-state index contributed by atoms with van der Waals surface area (Å²) in [7, 11) is 0. The molecule has 20 heavy (non-hydrogen) atoms. The number of carbonyl (C=O) groups excluding carboxylic acids is 3. The van der Waals surface area contributed by atoms with Gasteiger partial charge in [0, 0.05) is 5.38 Å². The van der Waals surface area contributed by atoms with Crippen LogP contribution in [0.3, 0.4) is 0 Å². The van der Waals surface area contributed by atoms with E-state index in [0.717, 1.165) is 29.9 Å². The first-order valence-corrected chi connectivity index (χ1v) is 7.55. The van der Waals surface area contributed by atoms with Crippen LogP contribution in [0.25, 0.3) is 0 Å². The second kappa shape index (κ2) is 4.66. The normalized spacial score (nSPS) is 22.2. The van der Waals surface area contributed by atoms with Crippen LogP contribution in [-0.4, -0.2) is 22.8 Å². The minimum absolute atomic E-state index is 0.336. The number of nitrogens with zero attached hydrogens (tertiary/aromatic N) is 2. The molecule has 1 aromatic heterocycles. The minimum Gasteiger partial charge on any atom is -0.276 e. The summed E-state index contributed by atoms with van der Waals surface area (Å²) in [5, 5.41) is 4.44. The lowest BCUT2D eigenvalue weighted by Gasteiger charge is -2.40. The maximum Gasteiger partial charge on any atom is 0.337 e. The fourth-order valence-electron chi connectivity index (χ4n) is 2.89. The monoisotopic (exact) mass is 293 g/mol. The lowest BCUT2D eigenvalue weighted by Crippen LogP contribution is -2.64. The van der Waals surface area contributed by atoms with Crippen molar-refractivity contribution in [3.05, 3.63) is 11.1 Å². The van der Waals surface area contributed by atoms with Gasteiger partial charge in [-0.15, -0.1) is 11.3 Å². The highest BCUT2D eigenvalue weighted by Crippen LogP contribution is 2.41. The number of amides is 4. The molecule has 4 amide bonds. The standard InChI is InChI=1S/C13H15N3O3S/c1-8-7-20-12(14-8)16-10(18)13(5-3-2-4-6-13)9(17)15-11(16)19/h7H,2-6H2,1H3,(H,15,17,19). The summed E-state index contributed by atoms with van der Waals surface area (Å²) in [6.07, 6.45) is 3.69. The van der Waals surface area contributed by atoms with E-state index in [4.69, 9.17) is 0 Å². The number of aromatic nitrogens is 1. The molecule has 2 fully saturated rings. The van der Waals surface area contributed by atoms with Gasteiger partial charge in [0.2, 0.25) is 11.0 Å². The highest BCUT2D eigenvalue weighted by molar-refractivity contribution is 7.14. The van der Waals surface area contributed by atoms with E-state index >= 15 is 0 Å². The first-order valence-electron chi connectivity index (χ1n) is 6.67. The van der Waals surface area contributed by atoms with Gasteiger partial charge in [0.05, 0.1) is 5.69 Å². The molecule has 2 heterocycles. The smallest absolute Gasteiger partial charge is 0.276 e. The first kappa shape index (κ1) is 13.2. The highest BCUT2D eigenvalue weighted by Gasteiger charge is 2.54. The van der Waals surface area contributed by atoms with Crippen molar-refractivity contribution in [3.63, 3.8) is 0 Å². The molecule has 0 aromatic carbocycles. The molecule has 1 spiro atoms. The third-order valence-electron chi connectivity index (χ3n) is 3.98. The molecular weight excluding hydrogens is 278 g/mol. The molecule has 0 radical (unpaired) electrons. The fraction of sp³-hybridized carbons (Fsp3) is 0.538. The molecule has 0 bridgehead atoms. The van der Waals surface area contributed by atoms with Gasteiger partial charge in [-0.1, -0.05) is 19.3 Å². The molecule has 1 N–H and O–H groups in total. The molecule has 1 aliphatic carbocycles. The predicted molar refractivity (Wildman–Crippen MR) is 73.4 cm³/mol. The lowest BCUT2D eigenvalue weighted by molar-refractivity contribution is -0.144. The Morgan fingerprint density at radius 3 is 2.55 bits per heavy atom. The van der Waals surface area contributed by atoms with Crippen molar-refractivity contribution >= 4 is 34.3 Å². The number of aryl methyl sites for hydroxylation is 1. The Balaban J connectivity index is 2.00. The molecular formula is C13H15N3O3S. The Morgan fingerprint density at radius 1 is 1.25 bits per heavy atom. The van der Waals surface area contributed by atoms with Crippen molar-refractivity contribution in [3.8, 4) is 0 Å². The summed E-state index contributed by atoms with van der Waals surface area (Å²) in [6, 6.07) is -0.689.